The summed E-state index contributed by atoms with van der Waals surface area (Å²) in [6, 6.07) is 3.40. The number of halogens is 2. The summed E-state index contributed by atoms with van der Waals surface area (Å²) in [7, 11) is 0. The first-order chi connectivity index (χ1) is 8.00. The second kappa shape index (κ2) is 4.73. The molecule has 0 aromatic heterocycles. The van der Waals surface area contributed by atoms with E-state index >= 15 is 0 Å². The van der Waals surface area contributed by atoms with Crippen molar-refractivity contribution >= 4 is 23.0 Å². The number of anilines is 2. The van der Waals surface area contributed by atoms with E-state index in [9.17, 15) is 4.39 Å². The molecule has 1 aromatic rings. The predicted molar refractivity (Wildman–Crippen MR) is 71.0 cm³/mol. The van der Waals surface area contributed by atoms with Gasteiger partial charge < -0.3 is 10.6 Å². The van der Waals surface area contributed by atoms with E-state index in [1.165, 1.54) is 12.1 Å². The Balaban J connectivity index is 2.36. The minimum atomic E-state index is -0.398. The number of nitrogen functional groups attached to an aromatic ring is 1. The van der Waals surface area contributed by atoms with Gasteiger partial charge in [0.05, 0.1) is 16.4 Å². The summed E-state index contributed by atoms with van der Waals surface area (Å²) >= 11 is 5.72. The number of hydrogen-bond acceptors (Lipinski definition) is 2. The standard InChI is InChI=1S/C13H18ClFN2/c1-8(2)12-4-3-5-17(12)13-7-10(15)9(14)6-11(13)16/h6-8,12H,3-5,16H2,1-2H3. The maximum Gasteiger partial charge on any atom is 0.144 e. The van der Waals surface area contributed by atoms with Gasteiger partial charge in [-0.15, -0.1) is 0 Å². The first-order valence-corrected chi connectivity index (χ1v) is 6.39. The quantitative estimate of drug-likeness (QED) is 0.818. The van der Waals surface area contributed by atoms with Gasteiger partial charge >= 0.3 is 0 Å². The van der Waals surface area contributed by atoms with Crippen molar-refractivity contribution in [2.24, 2.45) is 5.92 Å². The average Bonchev–Trinajstić information content (AvgIpc) is 2.72. The molecule has 0 saturated carbocycles. The van der Waals surface area contributed by atoms with E-state index in [1.807, 2.05) is 0 Å². The van der Waals surface area contributed by atoms with Crippen LogP contribution in [0.2, 0.25) is 5.02 Å². The van der Waals surface area contributed by atoms with E-state index < -0.39 is 5.82 Å². The molecule has 1 aliphatic rings. The topological polar surface area (TPSA) is 29.3 Å². The maximum absolute atomic E-state index is 13.5. The Kier molecular flexibility index (Phi) is 3.48. The van der Waals surface area contributed by atoms with Crippen LogP contribution in [0.3, 0.4) is 0 Å². The van der Waals surface area contributed by atoms with E-state index in [4.69, 9.17) is 17.3 Å². The van der Waals surface area contributed by atoms with Crippen LogP contribution in [-0.2, 0) is 0 Å². The lowest BCUT2D eigenvalue weighted by atomic mass is 10.0. The van der Waals surface area contributed by atoms with Crippen molar-refractivity contribution in [3.63, 3.8) is 0 Å². The lowest BCUT2D eigenvalue weighted by Gasteiger charge is -2.30. The molecule has 1 unspecified atom stereocenters. The molecule has 0 aliphatic carbocycles. The zero-order valence-corrected chi connectivity index (χ0v) is 11.0. The van der Waals surface area contributed by atoms with Crippen molar-refractivity contribution in [3.8, 4) is 0 Å². The summed E-state index contributed by atoms with van der Waals surface area (Å²) in [6.45, 7) is 5.31. The van der Waals surface area contributed by atoms with E-state index in [-0.39, 0.29) is 5.02 Å². The minimum Gasteiger partial charge on any atom is -0.397 e. The van der Waals surface area contributed by atoms with E-state index in [0.29, 0.717) is 17.6 Å². The number of nitrogens with two attached hydrogens (primary N) is 1. The lowest BCUT2D eigenvalue weighted by molar-refractivity contribution is 0.491. The van der Waals surface area contributed by atoms with E-state index in [2.05, 4.69) is 18.7 Å². The highest BCUT2D eigenvalue weighted by atomic mass is 35.5. The van der Waals surface area contributed by atoms with Gasteiger partial charge in [-0.3, -0.25) is 0 Å². The summed E-state index contributed by atoms with van der Waals surface area (Å²) < 4.78 is 13.5. The summed E-state index contributed by atoms with van der Waals surface area (Å²) in [5, 5.41) is 0.0894. The molecule has 1 fully saturated rings. The van der Waals surface area contributed by atoms with Gasteiger partial charge in [-0.1, -0.05) is 25.4 Å². The van der Waals surface area contributed by atoms with Crippen molar-refractivity contribution in [2.75, 3.05) is 17.2 Å². The first-order valence-electron chi connectivity index (χ1n) is 6.02. The van der Waals surface area contributed by atoms with E-state index in [1.54, 1.807) is 0 Å². The minimum absolute atomic E-state index is 0.0894. The van der Waals surface area contributed by atoms with Crippen LogP contribution < -0.4 is 10.6 Å². The molecule has 1 aromatic carbocycles. The number of nitrogens with zero attached hydrogens (tertiary/aromatic N) is 1. The average molecular weight is 257 g/mol. The van der Waals surface area contributed by atoms with Crippen LogP contribution in [0.25, 0.3) is 0 Å². The zero-order chi connectivity index (χ0) is 12.6. The van der Waals surface area contributed by atoms with Crippen LogP contribution in [0.5, 0.6) is 0 Å². The normalized spacial score (nSPS) is 20.3. The third-order valence-electron chi connectivity index (χ3n) is 3.45. The van der Waals surface area contributed by atoms with E-state index in [0.717, 1.165) is 25.1 Å². The van der Waals surface area contributed by atoms with Crippen molar-refractivity contribution in [3.05, 3.63) is 23.0 Å². The largest absolute Gasteiger partial charge is 0.397 e. The summed E-state index contributed by atoms with van der Waals surface area (Å²) in [4.78, 5) is 2.21. The summed E-state index contributed by atoms with van der Waals surface area (Å²) in [5.41, 5.74) is 7.28. The molecule has 0 spiro atoms. The molecular weight excluding hydrogens is 239 g/mol. The molecule has 1 atom stereocenters. The van der Waals surface area contributed by atoms with Crippen LogP contribution in [-0.4, -0.2) is 12.6 Å². The van der Waals surface area contributed by atoms with Crippen molar-refractivity contribution in [1.29, 1.82) is 0 Å². The molecule has 2 rings (SSSR count). The van der Waals surface area contributed by atoms with Gasteiger partial charge in [0.2, 0.25) is 0 Å². The fraction of sp³-hybridized carbons (Fsp3) is 0.538. The van der Waals surface area contributed by atoms with Gasteiger partial charge in [-0.2, -0.15) is 0 Å². The highest BCUT2D eigenvalue weighted by Crippen LogP contribution is 2.35. The predicted octanol–water partition coefficient (Wildman–Crippen LogP) is 3.69. The lowest BCUT2D eigenvalue weighted by Crippen LogP contribution is -2.33. The van der Waals surface area contributed by atoms with Gasteiger partial charge in [0.15, 0.2) is 0 Å². The number of rotatable bonds is 2. The molecule has 0 bridgehead atoms. The fourth-order valence-corrected chi connectivity index (χ4v) is 2.76. The van der Waals surface area contributed by atoms with Crippen LogP contribution in [0.1, 0.15) is 26.7 Å². The molecule has 17 heavy (non-hydrogen) atoms. The third kappa shape index (κ3) is 2.34. The Labute approximate surface area is 107 Å². The Morgan fingerprint density at radius 1 is 1.47 bits per heavy atom. The van der Waals surface area contributed by atoms with Crippen molar-refractivity contribution in [2.45, 2.75) is 32.7 Å². The Morgan fingerprint density at radius 3 is 2.82 bits per heavy atom. The summed E-state index contributed by atoms with van der Waals surface area (Å²) in [6.07, 6.45) is 2.27. The van der Waals surface area contributed by atoms with Crippen LogP contribution in [0.15, 0.2) is 12.1 Å². The second-order valence-corrected chi connectivity index (χ2v) is 5.38. The van der Waals surface area contributed by atoms with Gasteiger partial charge in [-0.25, -0.2) is 4.39 Å². The van der Waals surface area contributed by atoms with Gasteiger partial charge in [0, 0.05) is 18.7 Å². The van der Waals surface area contributed by atoms with Crippen molar-refractivity contribution in [1.82, 2.24) is 0 Å². The molecule has 2 nitrogen and oxygen atoms in total. The number of benzene rings is 1. The van der Waals surface area contributed by atoms with Crippen LogP contribution >= 0.6 is 11.6 Å². The summed E-state index contributed by atoms with van der Waals surface area (Å²) in [5.74, 6) is 0.140. The molecule has 1 aliphatic heterocycles. The molecule has 2 N–H and O–H groups in total. The zero-order valence-electron chi connectivity index (χ0n) is 10.2. The molecular formula is C13H18ClFN2. The Hall–Kier alpha value is -0.960. The Morgan fingerprint density at radius 2 is 2.18 bits per heavy atom. The SMILES string of the molecule is CC(C)C1CCCN1c1cc(F)c(Cl)cc1N. The number of hydrogen-bond donors (Lipinski definition) is 1. The van der Waals surface area contributed by atoms with Crippen LogP contribution in [0.4, 0.5) is 15.8 Å². The molecule has 94 valence electrons. The molecule has 1 saturated heterocycles. The van der Waals surface area contributed by atoms with Crippen molar-refractivity contribution < 1.29 is 4.39 Å². The van der Waals surface area contributed by atoms with Crippen LogP contribution in [0, 0.1) is 11.7 Å². The smallest absolute Gasteiger partial charge is 0.144 e. The Bertz CT molecular complexity index is 420. The molecule has 4 heteroatoms. The molecule has 0 radical (unpaired) electrons. The molecule has 0 amide bonds. The van der Waals surface area contributed by atoms with Gasteiger partial charge in [0.1, 0.15) is 5.82 Å². The highest BCUT2D eigenvalue weighted by Gasteiger charge is 2.28. The fourth-order valence-electron chi connectivity index (χ4n) is 2.59. The van der Waals surface area contributed by atoms with Gasteiger partial charge in [-0.05, 0) is 24.8 Å². The second-order valence-electron chi connectivity index (χ2n) is 4.97. The monoisotopic (exact) mass is 256 g/mol. The molecule has 1 heterocycles. The maximum atomic E-state index is 13.5. The third-order valence-corrected chi connectivity index (χ3v) is 3.74. The highest BCUT2D eigenvalue weighted by molar-refractivity contribution is 6.31. The first kappa shape index (κ1) is 12.5. The van der Waals surface area contributed by atoms with Gasteiger partial charge in [0.25, 0.3) is 0 Å².